The first-order chi connectivity index (χ1) is 18.1. The standard InChI is InChI=1S/C31H26N2O3S/c1-33-28(23-16-14-22(15-17-23)21-10-6-4-7-11-21)29(24-12-8-5-9-13-24)37-31(33)32-30(34)25-18-26(35-2)20-27(19-25)36-3/h4-20H,1-3H3. The lowest BCUT2D eigenvalue weighted by Crippen LogP contribution is -2.14. The van der Waals surface area contributed by atoms with E-state index in [1.54, 1.807) is 32.4 Å². The molecule has 0 saturated carbocycles. The summed E-state index contributed by atoms with van der Waals surface area (Å²) >= 11 is 1.49. The van der Waals surface area contributed by atoms with Crippen molar-refractivity contribution < 1.29 is 14.3 Å². The molecule has 0 spiro atoms. The van der Waals surface area contributed by atoms with Gasteiger partial charge in [-0.1, -0.05) is 96.3 Å². The van der Waals surface area contributed by atoms with Crippen LogP contribution >= 0.6 is 11.3 Å². The van der Waals surface area contributed by atoms with Crippen LogP contribution in [0, 0.1) is 0 Å². The molecule has 0 aliphatic heterocycles. The van der Waals surface area contributed by atoms with Crippen LogP contribution in [0.3, 0.4) is 0 Å². The molecule has 0 unspecified atom stereocenters. The van der Waals surface area contributed by atoms with E-state index in [0.717, 1.165) is 27.3 Å². The van der Waals surface area contributed by atoms with E-state index in [1.165, 1.54) is 16.9 Å². The molecule has 6 heteroatoms. The summed E-state index contributed by atoms with van der Waals surface area (Å²) in [5.74, 6) is 0.717. The highest BCUT2D eigenvalue weighted by atomic mass is 32.1. The van der Waals surface area contributed by atoms with Crippen LogP contribution in [0.25, 0.3) is 32.8 Å². The highest BCUT2D eigenvalue weighted by Crippen LogP contribution is 2.35. The normalized spacial score (nSPS) is 11.4. The Morgan fingerprint density at radius 1 is 0.703 bits per heavy atom. The lowest BCUT2D eigenvalue weighted by Gasteiger charge is -2.09. The number of hydrogen-bond donors (Lipinski definition) is 0. The molecule has 1 heterocycles. The van der Waals surface area contributed by atoms with Crippen molar-refractivity contribution in [2.24, 2.45) is 12.0 Å². The number of carbonyl (C=O) groups is 1. The van der Waals surface area contributed by atoms with Crippen LogP contribution in [-0.4, -0.2) is 24.7 Å². The Labute approximate surface area is 219 Å². The number of methoxy groups -OCH3 is 2. The number of carbonyl (C=O) groups excluding carboxylic acids is 1. The Morgan fingerprint density at radius 2 is 1.22 bits per heavy atom. The van der Waals surface area contributed by atoms with Gasteiger partial charge in [-0.3, -0.25) is 4.79 Å². The summed E-state index contributed by atoms with van der Waals surface area (Å²) in [6.45, 7) is 0. The number of thiazole rings is 1. The first-order valence-corrected chi connectivity index (χ1v) is 12.6. The number of amides is 1. The van der Waals surface area contributed by atoms with Crippen LogP contribution in [-0.2, 0) is 7.05 Å². The number of nitrogens with zero attached hydrogens (tertiary/aromatic N) is 2. The van der Waals surface area contributed by atoms with Crippen LogP contribution in [0.4, 0.5) is 0 Å². The monoisotopic (exact) mass is 506 g/mol. The van der Waals surface area contributed by atoms with Gasteiger partial charge in [-0.15, -0.1) is 0 Å². The topological polar surface area (TPSA) is 52.8 Å². The molecule has 0 fully saturated rings. The second-order valence-corrected chi connectivity index (χ2v) is 9.43. The van der Waals surface area contributed by atoms with E-state index >= 15 is 0 Å². The van der Waals surface area contributed by atoms with E-state index in [1.807, 2.05) is 48.0 Å². The smallest absolute Gasteiger partial charge is 0.279 e. The summed E-state index contributed by atoms with van der Waals surface area (Å²) in [7, 11) is 5.06. The molecule has 37 heavy (non-hydrogen) atoms. The van der Waals surface area contributed by atoms with Gasteiger partial charge in [-0.05, 0) is 34.4 Å². The van der Waals surface area contributed by atoms with E-state index in [4.69, 9.17) is 9.47 Å². The fourth-order valence-electron chi connectivity index (χ4n) is 4.20. The van der Waals surface area contributed by atoms with Gasteiger partial charge in [-0.25, -0.2) is 0 Å². The van der Waals surface area contributed by atoms with E-state index in [-0.39, 0.29) is 5.91 Å². The Hall–Kier alpha value is -4.42. The van der Waals surface area contributed by atoms with Gasteiger partial charge >= 0.3 is 0 Å². The number of benzene rings is 4. The second kappa shape index (κ2) is 10.7. The van der Waals surface area contributed by atoms with E-state index < -0.39 is 0 Å². The van der Waals surface area contributed by atoms with Crippen LogP contribution in [0.5, 0.6) is 11.5 Å². The first kappa shape index (κ1) is 24.3. The van der Waals surface area contributed by atoms with Gasteiger partial charge in [0.2, 0.25) is 0 Å². The number of aromatic nitrogens is 1. The Morgan fingerprint density at radius 3 is 1.78 bits per heavy atom. The lowest BCUT2D eigenvalue weighted by molar-refractivity contribution is 0.0997. The minimum absolute atomic E-state index is 0.361. The number of rotatable bonds is 6. The Kier molecular flexibility index (Phi) is 7.01. The third kappa shape index (κ3) is 5.10. The molecule has 0 aliphatic rings. The molecule has 0 N–H and O–H groups in total. The van der Waals surface area contributed by atoms with Crippen molar-refractivity contribution in [2.45, 2.75) is 0 Å². The van der Waals surface area contributed by atoms with Gasteiger partial charge in [0.05, 0.1) is 24.8 Å². The van der Waals surface area contributed by atoms with Crippen molar-refractivity contribution in [2.75, 3.05) is 14.2 Å². The molecule has 0 aliphatic carbocycles. The molecule has 0 radical (unpaired) electrons. The van der Waals surface area contributed by atoms with Crippen molar-refractivity contribution in [3.8, 4) is 44.3 Å². The third-order valence-corrected chi connectivity index (χ3v) is 7.31. The molecule has 1 aromatic heterocycles. The van der Waals surface area contributed by atoms with Crippen molar-refractivity contribution in [3.05, 3.63) is 113 Å². The van der Waals surface area contributed by atoms with Gasteiger partial charge in [0, 0.05) is 18.7 Å². The van der Waals surface area contributed by atoms with Crippen molar-refractivity contribution in [1.82, 2.24) is 4.57 Å². The zero-order valence-corrected chi connectivity index (χ0v) is 21.7. The van der Waals surface area contributed by atoms with Crippen LogP contribution in [0.1, 0.15) is 10.4 Å². The van der Waals surface area contributed by atoms with Crippen LogP contribution < -0.4 is 14.3 Å². The van der Waals surface area contributed by atoms with Gasteiger partial charge in [0.25, 0.3) is 5.91 Å². The highest BCUT2D eigenvalue weighted by Gasteiger charge is 2.17. The summed E-state index contributed by atoms with van der Waals surface area (Å²) in [5, 5.41) is 0. The fraction of sp³-hybridized carbons (Fsp3) is 0.0968. The second-order valence-electron chi connectivity index (χ2n) is 8.45. The molecular formula is C31H26N2O3S. The molecule has 5 nitrogen and oxygen atoms in total. The first-order valence-electron chi connectivity index (χ1n) is 11.8. The van der Waals surface area contributed by atoms with Crippen molar-refractivity contribution in [3.63, 3.8) is 0 Å². The van der Waals surface area contributed by atoms with E-state index in [9.17, 15) is 4.79 Å². The summed E-state index contributed by atoms with van der Waals surface area (Å²) in [6, 6.07) is 34.0. The van der Waals surface area contributed by atoms with Crippen molar-refractivity contribution in [1.29, 1.82) is 0 Å². The molecule has 0 bridgehead atoms. The average molecular weight is 507 g/mol. The zero-order chi connectivity index (χ0) is 25.8. The third-order valence-electron chi connectivity index (χ3n) is 6.13. The minimum atomic E-state index is -0.361. The molecular weight excluding hydrogens is 480 g/mol. The molecule has 0 saturated heterocycles. The summed E-state index contributed by atoms with van der Waals surface area (Å²) < 4.78 is 12.6. The molecule has 4 aromatic carbocycles. The highest BCUT2D eigenvalue weighted by molar-refractivity contribution is 7.13. The maximum absolute atomic E-state index is 13.2. The summed E-state index contributed by atoms with van der Waals surface area (Å²) in [5.41, 5.74) is 5.85. The zero-order valence-electron chi connectivity index (χ0n) is 20.8. The average Bonchev–Trinajstić information content (AvgIpc) is 3.29. The van der Waals surface area contributed by atoms with Gasteiger partial charge in [-0.2, -0.15) is 4.99 Å². The number of hydrogen-bond acceptors (Lipinski definition) is 4. The van der Waals surface area contributed by atoms with Gasteiger partial charge in [0.15, 0.2) is 4.80 Å². The van der Waals surface area contributed by atoms with Crippen molar-refractivity contribution >= 4 is 17.2 Å². The predicted octanol–water partition coefficient (Wildman–Crippen LogP) is 6.85. The maximum atomic E-state index is 13.2. The van der Waals surface area contributed by atoms with Gasteiger partial charge < -0.3 is 14.0 Å². The lowest BCUT2D eigenvalue weighted by atomic mass is 10.0. The Bertz CT molecular complexity index is 1580. The van der Waals surface area contributed by atoms with Crippen LogP contribution in [0.2, 0.25) is 0 Å². The largest absolute Gasteiger partial charge is 0.497 e. The number of ether oxygens (including phenoxy) is 2. The van der Waals surface area contributed by atoms with E-state index in [2.05, 4.69) is 53.5 Å². The fourth-order valence-corrected chi connectivity index (χ4v) is 5.34. The minimum Gasteiger partial charge on any atom is -0.497 e. The molecule has 5 aromatic rings. The SMILES string of the molecule is COc1cc(OC)cc(C(=O)N=c2sc(-c3ccccc3)c(-c3ccc(-c4ccccc4)cc3)n2C)c1. The van der Waals surface area contributed by atoms with Gasteiger partial charge in [0.1, 0.15) is 11.5 Å². The summed E-state index contributed by atoms with van der Waals surface area (Å²) in [4.78, 5) is 19.4. The molecule has 5 rings (SSSR count). The summed E-state index contributed by atoms with van der Waals surface area (Å²) in [6.07, 6.45) is 0. The predicted molar refractivity (Wildman–Crippen MR) is 149 cm³/mol. The quantitative estimate of drug-likeness (QED) is 0.253. The van der Waals surface area contributed by atoms with E-state index in [0.29, 0.717) is 21.9 Å². The molecule has 1 amide bonds. The molecule has 184 valence electrons. The maximum Gasteiger partial charge on any atom is 0.279 e. The van der Waals surface area contributed by atoms with Crippen LogP contribution in [0.15, 0.2) is 108 Å². The molecule has 0 atom stereocenters. The Balaban J connectivity index is 1.62.